The fraction of sp³-hybridized carbons (Fsp3) is 1.00. The Morgan fingerprint density at radius 1 is 0.941 bits per heavy atom. The topological polar surface area (TPSA) is 15.3 Å². The first kappa shape index (κ1) is 16.9. The van der Waals surface area contributed by atoms with Crippen molar-refractivity contribution in [1.82, 2.24) is 10.2 Å². The Hall–Kier alpha value is -0.0800. The van der Waals surface area contributed by atoms with Crippen molar-refractivity contribution < 1.29 is 0 Å². The van der Waals surface area contributed by atoms with Crippen LogP contribution in [0.1, 0.15) is 60.8 Å². The minimum Gasteiger partial charge on any atom is -0.313 e. The van der Waals surface area contributed by atoms with Crippen molar-refractivity contribution in [3.63, 3.8) is 0 Å². The summed E-state index contributed by atoms with van der Waals surface area (Å²) in [6.07, 6.45) is 3.76. The van der Waals surface area contributed by atoms with Gasteiger partial charge in [-0.25, -0.2) is 0 Å². The SMILES string of the molecule is CCCNC(C)CN(CC(C)C)C(CC)CC. The highest BCUT2D eigenvalue weighted by molar-refractivity contribution is 4.75. The average Bonchev–Trinajstić information content (AvgIpc) is 2.27. The molecule has 0 fully saturated rings. The quantitative estimate of drug-likeness (QED) is 0.630. The second-order valence-corrected chi connectivity index (χ2v) is 5.67. The molecule has 0 saturated heterocycles. The van der Waals surface area contributed by atoms with E-state index in [0.717, 1.165) is 18.5 Å². The second kappa shape index (κ2) is 9.90. The number of nitrogens with zero attached hydrogens (tertiary/aromatic N) is 1. The molecule has 17 heavy (non-hydrogen) atoms. The van der Waals surface area contributed by atoms with E-state index in [2.05, 4.69) is 51.8 Å². The second-order valence-electron chi connectivity index (χ2n) is 5.67. The van der Waals surface area contributed by atoms with E-state index in [0.29, 0.717) is 6.04 Å². The maximum absolute atomic E-state index is 3.60. The van der Waals surface area contributed by atoms with E-state index >= 15 is 0 Å². The Bertz CT molecular complexity index is 164. The third-order valence-electron chi connectivity index (χ3n) is 3.31. The molecule has 1 unspecified atom stereocenters. The standard InChI is InChI=1S/C15H34N2/c1-7-10-16-14(6)12-17(11-13(4)5)15(8-2)9-3/h13-16H,7-12H2,1-6H3. The largest absolute Gasteiger partial charge is 0.313 e. The number of rotatable bonds is 10. The molecule has 0 aliphatic heterocycles. The Kier molecular flexibility index (Phi) is 9.85. The van der Waals surface area contributed by atoms with Gasteiger partial charge in [-0.15, -0.1) is 0 Å². The molecule has 0 saturated carbocycles. The molecule has 0 heterocycles. The monoisotopic (exact) mass is 242 g/mol. The van der Waals surface area contributed by atoms with Crippen LogP contribution in [0.4, 0.5) is 0 Å². The molecule has 2 heteroatoms. The average molecular weight is 242 g/mol. The molecular formula is C15H34N2. The van der Waals surface area contributed by atoms with Crippen molar-refractivity contribution in [1.29, 1.82) is 0 Å². The molecule has 0 aromatic rings. The predicted octanol–water partition coefficient (Wildman–Crippen LogP) is 3.52. The van der Waals surface area contributed by atoms with Gasteiger partial charge < -0.3 is 5.32 Å². The van der Waals surface area contributed by atoms with E-state index in [1.165, 1.54) is 32.4 Å². The van der Waals surface area contributed by atoms with E-state index in [9.17, 15) is 0 Å². The van der Waals surface area contributed by atoms with E-state index in [1.807, 2.05) is 0 Å². The van der Waals surface area contributed by atoms with Gasteiger partial charge in [0.2, 0.25) is 0 Å². The zero-order valence-electron chi connectivity index (χ0n) is 12.9. The van der Waals surface area contributed by atoms with Crippen LogP contribution in [0.5, 0.6) is 0 Å². The summed E-state index contributed by atoms with van der Waals surface area (Å²) in [6, 6.07) is 1.36. The molecule has 0 aliphatic rings. The molecule has 0 spiro atoms. The van der Waals surface area contributed by atoms with E-state index in [-0.39, 0.29) is 0 Å². The molecule has 0 aliphatic carbocycles. The van der Waals surface area contributed by atoms with Crippen LogP contribution in [-0.4, -0.2) is 36.6 Å². The molecule has 0 amide bonds. The van der Waals surface area contributed by atoms with Crippen molar-refractivity contribution in [3.05, 3.63) is 0 Å². The van der Waals surface area contributed by atoms with Gasteiger partial charge in [-0.05, 0) is 38.6 Å². The number of hydrogen-bond acceptors (Lipinski definition) is 2. The summed E-state index contributed by atoms with van der Waals surface area (Å²) in [5.41, 5.74) is 0. The van der Waals surface area contributed by atoms with Gasteiger partial charge in [0.25, 0.3) is 0 Å². The lowest BCUT2D eigenvalue weighted by molar-refractivity contribution is 0.152. The number of nitrogens with one attached hydrogen (secondary N) is 1. The summed E-state index contributed by atoms with van der Waals surface area (Å²) in [5.74, 6) is 0.758. The van der Waals surface area contributed by atoms with Gasteiger partial charge in [-0.3, -0.25) is 4.90 Å². The normalized spacial score (nSPS) is 13.9. The fourth-order valence-electron chi connectivity index (χ4n) is 2.45. The lowest BCUT2D eigenvalue weighted by Gasteiger charge is -2.34. The van der Waals surface area contributed by atoms with Gasteiger partial charge in [0.15, 0.2) is 0 Å². The molecular weight excluding hydrogens is 208 g/mol. The van der Waals surface area contributed by atoms with Crippen molar-refractivity contribution in [2.75, 3.05) is 19.6 Å². The smallest absolute Gasteiger partial charge is 0.0166 e. The molecule has 1 atom stereocenters. The van der Waals surface area contributed by atoms with Crippen molar-refractivity contribution in [2.45, 2.75) is 72.9 Å². The Morgan fingerprint density at radius 2 is 1.53 bits per heavy atom. The minimum absolute atomic E-state index is 0.606. The maximum atomic E-state index is 3.60. The minimum atomic E-state index is 0.606. The summed E-state index contributed by atoms with van der Waals surface area (Å²) < 4.78 is 0. The lowest BCUT2D eigenvalue weighted by Crippen LogP contribution is -2.45. The van der Waals surface area contributed by atoms with Crippen LogP contribution < -0.4 is 5.32 Å². The van der Waals surface area contributed by atoms with Crippen LogP contribution in [0.25, 0.3) is 0 Å². The first-order valence-electron chi connectivity index (χ1n) is 7.52. The van der Waals surface area contributed by atoms with Gasteiger partial charge in [-0.2, -0.15) is 0 Å². The van der Waals surface area contributed by atoms with Crippen LogP contribution in [0.2, 0.25) is 0 Å². The summed E-state index contributed by atoms with van der Waals surface area (Å²) in [7, 11) is 0. The van der Waals surface area contributed by atoms with Gasteiger partial charge in [-0.1, -0.05) is 34.6 Å². The first-order chi connectivity index (χ1) is 8.04. The number of hydrogen-bond donors (Lipinski definition) is 1. The summed E-state index contributed by atoms with van der Waals surface area (Å²) in [6.45, 7) is 17.3. The molecule has 0 radical (unpaired) electrons. The first-order valence-corrected chi connectivity index (χ1v) is 7.52. The summed E-state index contributed by atoms with van der Waals surface area (Å²) >= 11 is 0. The Balaban J connectivity index is 4.25. The molecule has 0 rings (SSSR count). The molecule has 2 nitrogen and oxygen atoms in total. The van der Waals surface area contributed by atoms with E-state index in [1.54, 1.807) is 0 Å². The van der Waals surface area contributed by atoms with Crippen LogP contribution in [0, 0.1) is 5.92 Å². The summed E-state index contributed by atoms with van der Waals surface area (Å²) in [5, 5.41) is 3.60. The third-order valence-corrected chi connectivity index (χ3v) is 3.31. The zero-order chi connectivity index (χ0) is 13.3. The zero-order valence-corrected chi connectivity index (χ0v) is 12.9. The molecule has 0 aromatic carbocycles. The molecule has 1 N–H and O–H groups in total. The highest BCUT2D eigenvalue weighted by Gasteiger charge is 2.18. The van der Waals surface area contributed by atoms with Gasteiger partial charge in [0.05, 0.1) is 0 Å². The van der Waals surface area contributed by atoms with Crippen LogP contribution >= 0.6 is 0 Å². The van der Waals surface area contributed by atoms with Gasteiger partial charge >= 0.3 is 0 Å². The van der Waals surface area contributed by atoms with Crippen LogP contribution in [0.3, 0.4) is 0 Å². The van der Waals surface area contributed by atoms with Crippen LogP contribution in [0.15, 0.2) is 0 Å². The van der Waals surface area contributed by atoms with Gasteiger partial charge in [0, 0.05) is 25.2 Å². The molecule has 0 bridgehead atoms. The Labute approximate surface area is 109 Å². The van der Waals surface area contributed by atoms with E-state index < -0.39 is 0 Å². The van der Waals surface area contributed by atoms with Crippen molar-refractivity contribution in [3.8, 4) is 0 Å². The van der Waals surface area contributed by atoms with Crippen molar-refractivity contribution >= 4 is 0 Å². The summed E-state index contributed by atoms with van der Waals surface area (Å²) in [4.78, 5) is 2.68. The predicted molar refractivity (Wildman–Crippen MR) is 78.5 cm³/mol. The fourth-order valence-corrected chi connectivity index (χ4v) is 2.45. The highest BCUT2D eigenvalue weighted by Crippen LogP contribution is 2.12. The maximum Gasteiger partial charge on any atom is 0.0166 e. The van der Waals surface area contributed by atoms with Crippen LogP contribution in [-0.2, 0) is 0 Å². The third kappa shape index (κ3) is 7.77. The Morgan fingerprint density at radius 3 is 1.94 bits per heavy atom. The van der Waals surface area contributed by atoms with Gasteiger partial charge in [0.1, 0.15) is 0 Å². The highest BCUT2D eigenvalue weighted by atomic mass is 15.2. The van der Waals surface area contributed by atoms with E-state index in [4.69, 9.17) is 0 Å². The van der Waals surface area contributed by atoms with Crippen molar-refractivity contribution in [2.24, 2.45) is 5.92 Å². The molecule has 104 valence electrons. The lowest BCUT2D eigenvalue weighted by atomic mass is 10.1. The molecule has 0 aromatic heterocycles.